The molecule has 26 heavy (non-hydrogen) atoms. The van der Waals surface area contributed by atoms with Gasteiger partial charge < -0.3 is 5.73 Å². The van der Waals surface area contributed by atoms with Crippen molar-refractivity contribution in [2.24, 2.45) is 5.73 Å². The Labute approximate surface area is 138 Å². The third-order valence-corrected chi connectivity index (χ3v) is 2.67. The third-order valence-electron chi connectivity index (χ3n) is 2.67. The largest absolute Gasteiger partial charge is 0.460 e. The van der Waals surface area contributed by atoms with Crippen LogP contribution in [0.1, 0.15) is 0 Å². The number of alkyl halides is 15. The molecule has 0 amide bonds. The summed E-state index contributed by atoms with van der Waals surface area (Å²) in [4.78, 5) is 0. The molecule has 0 aliphatic carbocycles. The van der Waals surface area contributed by atoms with Crippen molar-refractivity contribution in [1.29, 1.82) is 5.41 Å². The van der Waals surface area contributed by atoms with Gasteiger partial charge in [0.2, 0.25) is 0 Å². The van der Waals surface area contributed by atoms with Gasteiger partial charge in [-0.15, -0.1) is 12.4 Å². The normalized spacial score (nSPS) is 15.5. The maximum Gasteiger partial charge on any atom is 0.460 e. The molecule has 0 aromatic rings. The van der Waals surface area contributed by atoms with Crippen molar-refractivity contribution in [3.8, 4) is 0 Å². The summed E-state index contributed by atoms with van der Waals surface area (Å²) in [5, 5.41) is 5.87. The van der Waals surface area contributed by atoms with Crippen LogP contribution in [0.2, 0.25) is 0 Å². The molecule has 0 aromatic carbocycles. The fourth-order valence-corrected chi connectivity index (χ4v) is 1.14. The quantitative estimate of drug-likeness (QED) is 0.345. The predicted octanol–water partition coefficient (Wildman–Crippen LogP) is 4.72. The van der Waals surface area contributed by atoms with Crippen LogP contribution in [-0.4, -0.2) is 47.5 Å². The maximum absolute atomic E-state index is 12.9. The van der Waals surface area contributed by atoms with Gasteiger partial charge in [-0.3, -0.25) is 5.41 Å². The van der Waals surface area contributed by atoms with E-state index in [0.717, 1.165) is 0 Å². The zero-order valence-corrected chi connectivity index (χ0v) is 12.0. The molecule has 0 saturated heterocycles. The smallest absolute Gasteiger partial charge is 0.382 e. The van der Waals surface area contributed by atoms with Crippen LogP contribution in [0.25, 0.3) is 0 Å². The number of halogens is 16. The highest BCUT2D eigenvalue weighted by Crippen LogP contribution is 2.62. The highest BCUT2D eigenvalue weighted by Gasteiger charge is 2.93. The SMILES string of the molecule is Cl.N=C(N)C(F)(F)C(F)(F)C(F)(F)C(F)(F)C(F)(F)C(F)(F)C(F)(F)F. The summed E-state index contributed by atoms with van der Waals surface area (Å²) in [5.74, 6) is -50.7. The molecule has 0 atom stereocenters. The van der Waals surface area contributed by atoms with Gasteiger partial charge in [-0.1, -0.05) is 0 Å². The number of nitrogens with two attached hydrogens (primary N) is 1. The zero-order valence-electron chi connectivity index (χ0n) is 11.2. The number of hydrogen-bond acceptors (Lipinski definition) is 1. The minimum atomic E-state index is -8.36. The van der Waals surface area contributed by atoms with E-state index >= 15 is 0 Å². The molecule has 0 aliphatic rings. The molecule has 0 bridgehead atoms. The number of rotatable bonds is 6. The molecule has 0 aromatic heterocycles. The summed E-state index contributed by atoms with van der Waals surface area (Å²) in [6, 6.07) is 0. The molecule has 0 aliphatic heterocycles. The van der Waals surface area contributed by atoms with Crippen LogP contribution < -0.4 is 5.73 Å². The van der Waals surface area contributed by atoms with E-state index in [4.69, 9.17) is 5.41 Å². The van der Waals surface area contributed by atoms with Crippen molar-refractivity contribution < 1.29 is 65.9 Å². The van der Waals surface area contributed by atoms with Crippen LogP contribution in [0, 0.1) is 5.41 Å². The van der Waals surface area contributed by atoms with Crippen LogP contribution in [0.4, 0.5) is 65.9 Å². The lowest BCUT2D eigenvalue weighted by Gasteiger charge is -2.41. The molecular weight excluding hydrogens is 445 g/mol. The first kappa shape index (κ1) is 26.9. The second kappa shape index (κ2) is 6.40. The number of nitrogens with one attached hydrogen (secondary N) is 1. The first-order valence-corrected chi connectivity index (χ1v) is 5.12. The van der Waals surface area contributed by atoms with E-state index in [1.807, 2.05) is 0 Å². The van der Waals surface area contributed by atoms with Crippen LogP contribution >= 0.6 is 12.4 Å². The molecule has 0 heterocycles. The predicted molar refractivity (Wildman–Crippen MR) is 54.9 cm³/mol. The highest BCUT2D eigenvalue weighted by molar-refractivity contribution is 5.86. The van der Waals surface area contributed by atoms with Gasteiger partial charge in [-0.2, -0.15) is 65.9 Å². The van der Waals surface area contributed by atoms with Gasteiger partial charge in [-0.25, -0.2) is 0 Å². The minimum Gasteiger partial charge on any atom is -0.382 e. The molecule has 0 fully saturated rings. The Kier molecular flexibility index (Phi) is 6.63. The van der Waals surface area contributed by atoms with Crippen LogP contribution in [-0.2, 0) is 0 Å². The first-order chi connectivity index (χ1) is 10.4. The summed E-state index contributed by atoms with van der Waals surface area (Å²) in [6.07, 6.45) is -7.64. The fourth-order valence-electron chi connectivity index (χ4n) is 1.14. The molecule has 0 unspecified atom stereocenters. The van der Waals surface area contributed by atoms with Crippen molar-refractivity contribution in [1.82, 2.24) is 0 Å². The Hall–Kier alpha value is -1.29. The fraction of sp³-hybridized carbons (Fsp3) is 0.875. The Balaban J connectivity index is 0. The average Bonchev–Trinajstić information content (AvgIpc) is 2.35. The van der Waals surface area contributed by atoms with Gasteiger partial charge >= 0.3 is 41.7 Å². The molecule has 0 rings (SSSR count). The second-order valence-electron chi connectivity index (χ2n) is 4.36. The topological polar surface area (TPSA) is 49.9 Å². The summed E-state index contributed by atoms with van der Waals surface area (Å²) < 4.78 is 188. The lowest BCUT2D eigenvalue weighted by atomic mass is 9.91. The number of amidine groups is 1. The average molecular weight is 449 g/mol. The highest BCUT2D eigenvalue weighted by atomic mass is 35.5. The maximum atomic E-state index is 12.9. The van der Waals surface area contributed by atoms with Gasteiger partial charge in [0, 0.05) is 0 Å². The molecule has 0 radical (unpaired) electrons. The van der Waals surface area contributed by atoms with E-state index in [2.05, 4.69) is 5.73 Å². The molecule has 158 valence electrons. The summed E-state index contributed by atoms with van der Waals surface area (Å²) in [6.45, 7) is 0. The van der Waals surface area contributed by atoms with Crippen molar-refractivity contribution >= 4 is 18.2 Å². The minimum absolute atomic E-state index is 0. The monoisotopic (exact) mass is 448 g/mol. The second-order valence-corrected chi connectivity index (χ2v) is 4.36. The van der Waals surface area contributed by atoms with E-state index < -0.39 is 47.5 Å². The molecule has 0 saturated carbocycles. The van der Waals surface area contributed by atoms with Gasteiger partial charge in [0.25, 0.3) is 0 Å². The van der Waals surface area contributed by atoms with Crippen molar-refractivity contribution in [3.05, 3.63) is 0 Å². The standard InChI is InChI=1S/C8H3F15N2.ClH/c9-2(10,1(24)25)3(11,12)4(13,14)5(15,16)6(17,18)7(19,20)8(21,22)23;/h(H3,24,25);1H. The van der Waals surface area contributed by atoms with Crippen LogP contribution in [0.15, 0.2) is 0 Å². The molecule has 0 spiro atoms. The van der Waals surface area contributed by atoms with E-state index in [9.17, 15) is 65.9 Å². The van der Waals surface area contributed by atoms with Crippen molar-refractivity contribution in [2.45, 2.75) is 41.7 Å². The lowest BCUT2D eigenvalue weighted by molar-refractivity contribution is -0.448. The van der Waals surface area contributed by atoms with Crippen molar-refractivity contribution in [3.63, 3.8) is 0 Å². The lowest BCUT2D eigenvalue weighted by Crippen LogP contribution is -2.73. The van der Waals surface area contributed by atoms with Gasteiger partial charge in [0.05, 0.1) is 0 Å². The van der Waals surface area contributed by atoms with Crippen molar-refractivity contribution in [2.75, 3.05) is 0 Å². The van der Waals surface area contributed by atoms with Crippen LogP contribution in [0.5, 0.6) is 0 Å². The zero-order chi connectivity index (χ0) is 21.1. The molecule has 3 N–H and O–H groups in total. The Morgan fingerprint density at radius 1 is 0.500 bits per heavy atom. The van der Waals surface area contributed by atoms with Gasteiger partial charge in [0.15, 0.2) is 5.84 Å². The summed E-state index contributed by atoms with van der Waals surface area (Å²) in [7, 11) is 0. The molecular formula is C8H4ClF15N2. The third kappa shape index (κ3) is 3.11. The summed E-state index contributed by atoms with van der Waals surface area (Å²) in [5.41, 5.74) is 3.72. The molecule has 18 heteroatoms. The van der Waals surface area contributed by atoms with E-state index in [1.165, 1.54) is 0 Å². The van der Waals surface area contributed by atoms with E-state index in [-0.39, 0.29) is 12.4 Å². The van der Waals surface area contributed by atoms with E-state index in [1.54, 1.807) is 0 Å². The number of hydrogen-bond donors (Lipinski definition) is 2. The Morgan fingerprint density at radius 2 is 0.731 bits per heavy atom. The molecule has 2 nitrogen and oxygen atoms in total. The first-order valence-electron chi connectivity index (χ1n) is 5.12. The summed E-state index contributed by atoms with van der Waals surface area (Å²) >= 11 is 0. The Bertz CT molecular complexity index is 536. The van der Waals surface area contributed by atoms with Gasteiger partial charge in [0.1, 0.15) is 0 Å². The Morgan fingerprint density at radius 3 is 0.962 bits per heavy atom. The van der Waals surface area contributed by atoms with Gasteiger partial charge in [-0.05, 0) is 0 Å². The van der Waals surface area contributed by atoms with Crippen LogP contribution in [0.3, 0.4) is 0 Å². The van der Waals surface area contributed by atoms with E-state index in [0.29, 0.717) is 0 Å².